The van der Waals surface area contributed by atoms with Gasteiger partial charge in [0, 0.05) is 10.3 Å². The summed E-state index contributed by atoms with van der Waals surface area (Å²) >= 11 is 1.73. The lowest BCUT2D eigenvalue weighted by Gasteiger charge is -1.94. The molecule has 1 aromatic carbocycles. The van der Waals surface area contributed by atoms with E-state index in [1.165, 1.54) is 14.9 Å². The predicted octanol–water partition coefficient (Wildman–Crippen LogP) is 2.09. The van der Waals surface area contributed by atoms with Gasteiger partial charge in [0.15, 0.2) is 0 Å². The summed E-state index contributed by atoms with van der Waals surface area (Å²) in [4.78, 5) is 1.47. The van der Waals surface area contributed by atoms with Crippen LogP contribution in [0.4, 0.5) is 0 Å². The maximum absolute atomic E-state index is 4.17. The van der Waals surface area contributed by atoms with Crippen LogP contribution in [0.25, 0.3) is 21.5 Å². The van der Waals surface area contributed by atoms with Crippen LogP contribution in [0.1, 0.15) is 0 Å². The Morgan fingerprint density at radius 1 is 1.27 bits per heavy atom. The first-order valence-corrected chi connectivity index (χ1v) is 5.42. The minimum absolute atomic E-state index is 0.672. The van der Waals surface area contributed by atoms with E-state index in [4.69, 9.17) is 0 Å². The van der Waals surface area contributed by atoms with Crippen molar-refractivity contribution in [2.24, 2.45) is 7.05 Å². The molecule has 0 amide bonds. The van der Waals surface area contributed by atoms with Crippen molar-refractivity contribution in [1.82, 2.24) is 20.2 Å². The topological polar surface area (TPSA) is 43.6 Å². The molecule has 4 nitrogen and oxygen atoms in total. The minimum Gasteiger partial charge on any atom is -0.167 e. The first kappa shape index (κ1) is 8.55. The van der Waals surface area contributed by atoms with E-state index in [0.717, 1.165) is 5.56 Å². The second-order valence-electron chi connectivity index (χ2n) is 3.28. The number of rotatable bonds is 1. The van der Waals surface area contributed by atoms with Crippen molar-refractivity contribution in [2.45, 2.75) is 0 Å². The van der Waals surface area contributed by atoms with E-state index < -0.39 is 0 Å². The van der Waals surface area contributed by atoms with Gasteiger partial charge >= 0.3 is 0 Å². The Hall–Kier alpha value is -1.75. The molecule has 0 aliphatic rings. The second-order valence-corrected chi connectivity index (χ2v) is 4.22. The zero-order chi connectivity index (χ0) is 10.3. The fourth-order valence-corrected chi connectivity index (χ4v) is 2.28. The largest absolute Gasteiger partial charge is 0.204 e. The van der Waals surface area contributed by atoms with E-state index >= 15 is 0 Å². The van der Waals surface area contributed by atoms with Crippen molar-refractivity contribution < 1.29 is 0 Å². The number of hydrogen-bond donors (Lipinski definition) is 0. The van der Waals surface area contributed by atoms with Crippen LogP contribution in [0.5, 0.6) is 0 Å². The molecular formula is C10H8N4S. The highest BCUT2D eigenvalue weighted by Crippen LogP contribution is 2.25. The fraction of sp³-hybridized carbons (Fsp3) is 0.100. The van der Waals surface area contributed by atoms with Crippen LogP contribution in [-0.2, 0) is 7.05 Å². The van der Waals surface area contributed by atoms with Crippen molar-refractivity contribution in [3.05, 3.63) is 29.6 Å². The van der Waals surface area contributed by atoms with Crippen LogP contribution >= 0.6 is 11.3 Å². The summed E-state index contributed by atoms with van der Waals surface area (Å²) in [6.07, 6.45) is 0. The van der Waals surface area contributed by atoms with Crippen molar-refractivity contribution in [1.29, 1.82) is 0 Å². The van der Waals surface area contributed by atoms with E-state index in [9.17, 15) is 0 Å². The van der Waals surface area contributed by atoms with Gasteiger partial charge in [0.25, 0.3) is 0 Å². The summed E-state index contributed by atoms with van der Waals surface area (Å²) in [6, 6.07) is 8.30. The Balaban J connectivity index is 2.18. The molecule has 0 saturated heterocycles. The zero-order valence-electron chi connectivity index (χ0n) is 8.08. The van der Waals surface area contributed by atoms with Gasteiger partial charge in [0.1, 0.15) is 0 Å². The highest BCUT2D eigenvalue weighted by Gasteiger charge is 2.05. The van der Waals surface area contributed by atoms with Crippen LogP contribution in [-0.4, -0.2) is 20.2 Å². The van der Waals surface area contributed by atoms with Crippen molar-refractivity contribution in [3.8, 4) is 11.4 Å². The van der Waals surface area contributed by atoms with Gasteiger partial charge in [0.2, 0.25) is 5.82 Å². The fourth-order valence-electron chi connectivity index (χ4n) is 1.51. The van der Waals surface area contributed by atoms with Gasteiger partial charge in [-0.25, -0.2) is 0 Å². The number of hydrogen-bond acceptors (Lipinski definition) is 4. The molecule has 0 atom stereocenters. The van der Waals surface area contributed by atoms with Gasteiger partial charge in [0.05, 0.1) is 7.05 Å². The lowest BCUT2D eigenvalue weighted by Crippen LogP contribution is -1.91. The lowest BCUT2D eigenvalue weighted by atomic mass is 10.1. The second kappa shape index (κ2) is 3.13. The average molecular weight is 216 g/mol. The molecule has 74 valence electrons. The van der Waals surface area contributed by atoms with Gasteiger partial charge in [-0.3, -0.25) is 0 Å². The molecule has 3 aromatic rings. The predicted molar refractivity (Wildman–Crippen MR) is 59.6 cm³/mol. The number of nitrogens with zero attached hydrogens (tertiary/aromatic N) is 4. The van der Waals surface area contributed by atoms with Crippen molar-refractivity contribution >= 4 is 21.4 Å². The van der Waals surface area contributed by atoms with E-state index in [2.05, 4.69) is 39.0 Å². The van der Waals surface area contributed by atoms with Gasteiger partial charge in [-0.05, 0) is 40.2 Å². The highest BCUT2D eigenvalue weighted by atomic mass is 32.1. The number of tetrazole rings is 1. The monoisotopic (exact) mass is 216 g/mol. The standard InChI is InChI=1S/C10H8N4S/c1-14-12-10(11-13-14)8-2-3-9-7(6-8)4-5-15-9/h2-6H,1H3. The first-order chi connectivity index (χ1) is 7.33. The van der Waals surface area contributed by atoms with Gasteiger partial charge < -0.3 is 0 Å². The summed E-state index contributed by atoms with van der Waals surface area (Å²) in [5.41, 5.74) is 1.01. The summed E-state index contributed by atoms with van der Waals surface area (Å²) in [6.45, 7) is 0. The number of fused-ring (bicyclic) bond motifs is 1. The molecule has 0 fully saturated rings. The number of aromatic nitrogens is 4. The molecule has 0 bridgehead atoms. The molecule has 0 spiro atoms. The van der Waals surface area contributed by atoms with E-state index in [1.807, 2.05) is 6.07 Å². The molecule has 0 radical (unpaired) electrons. The average Bonchev–Trinajstić information content (AvgIpc) is 2.84. The Kier molecular flexibility index (Phi) is 1.78. The first-order valence-electron chi connectivity index (χ1n) is 4.54. The summed E-state index contributed by atoms with van der Waals surface area (Å²) in [7, 11) is 1.76. The van der Waals surface area contributed by atoms with Crippen LogP contribution in [0, 0.1) is 0 Å². The maximum atomic E-state index is 4.17. The third-order valence-corrected chi connectivity index (χ3v) is 3.12. The molecule has 0 N–H and O–H groups in total. The Bertz CT molecular complexity index is 610. The third-order valence-electron chi connectivity index (χ3n) is 2.22. The molecule has 15 heavy (non-hydrogen) atoms. The Morgan fingerprint density at radius 2 is 2.20 bits per heavy atom. The Morgan fingerprint density at radius 3 is 3.00 bits per heavy atom. The SMILES string of the molecule is Cn1nnc(-c2ccc3sccc3c2)n1. The number of benzene rings is 1. The summed E-state index contributed by atoms with van der Waals surface area (Å²) < 4.78 is 1.28. The summed E-state index contributed by atoms with van der Waals surface area (Å²) in [5, 5.41) is 15.3. The smallest absolute Gasteiger partial charge is 0.167 e. The lowest BCUT2D eigenvalue weighted by molar-refractivity contribution is 0.630. The molecule has 3 rings (SSSR count). The van der Waals surface area contributed by atoms with E-state index in [0.29, 0.717) is 5.82 Å². The zero-order valence-corrected chi connectivity index (χ0v) is 8.90. The molecule has 2 aromatic heterocycles. The van der Waals surface area contributed by atoms with E-state index in [1.54, 1.807) is 18.4 Å². The number of thiophene rings is 1. The molecule has 0 unspecified atom stereocenters. The van der Waals surface area contributed by atoms with Gasteiger partial charge in [-0.15, -0.1) is 21.5 Å². The molecular weight excluding hydrogens is 208 g/mol. The third kappa shape index (κ3) is 1.41. The Labute approximate surface area is 90.2 Å². The minimum atomic E-state index is 0.672. The molecule has 0 aliphatic heterocycles. The normalized spacial score (nSPS) is 11.0. The van der Waals surface area contributed by atoms with Crippen LogP contribution in [0.2, 0.25) is 0 Å². The quantitative estimate of drug-likeness (QED) is 0.625. The maximum Gasteiger partial charge on any atom is 0.204 e. The molecule has 5 heteroatoms. The summed E-state index contributed by atoms with van der Waals surface area (Å²) in [5.74, 6) is 0.672. The van der Waals surface area contributed by atoms with Gasteiger partial charge in [-0.1, -0.05) is 0 Å². The van der Waals surface area contributed by atoms with Crippen LogP contribution in [0.3, 0.4) is 0 Å². The van der Waals surface area contributed by atoms with Crippen molar-refractivity contribution in [3.63, 3.8) is 0 Å². The van der Waals surface area contributed by atoms with Crippen LogP contribution < -0.4 is 0 Å². The number of aryl methyl sites for hydroxylation is 1. The van der Waals surface area contributed by atoms with Gasteiger partial charge in [-0.2, -0.15) is 4.80 Å². The highest BCUT2D eigenvalue weighted by molar-refractivity contribution is 7.17. The molecule has 0 saturated carbocycles. The van der Waals surface area contributed by atoms with Crippen molar-refractivity contribution in [2.75, 3.05) is 0 Å². The van der Waals surface area contributed by atoms with Crippen LogP contribution in [0.15, 0.2) is 29.6 Å². The van der Waals surface area contributed by atoms with E-state index in [-0.39, 0.29) is 0 Å². The molecule has 0 aliphatic carbocycles. The molecule has 2 heterocycles.